The maximum Gasteiger partial charge on any atom is 0.238 e. The Morgan fingerprint density at radius 1 is 1.04 bits per heavy atom. The first kappa shape index (κ1) is 20.4. The lowest BCUT2D eigenvalue weighted by Gasteiger charge is -2.14. The lowest BCUT2D eigenvalue weighted by atomic mass is 10.1. The summed E-state index contributed by atoms with van der Waals surface area (Å²) < 4.78 is 6.41. The molecule has 2 amide bonds. The Morgan fingerprint density at radius 3 is 2.43 bits per heavy atom. The second-order valence-electron chi connectivity index (χ2n) is 6.40. The molecule has 0 radical (unpaired) electrons. The number of ether oxygens (including phenoxy) is 1. The van der Waals surface area contributed by atoms with Gasteiger partial charge in [0.25, 0.3) is 0 Å². The van der Waals surface area contributed by atoms with Crippen LogP contribution in [0.5, 0.6) is 11.5 Å². The summed E-state index contributed by atoms with van der Waals surface area (Å²) in [6.45, 7) is 0.648. The quantitative estimate of drug-likeness (QED) is 0.470. The average Bonchev–Trinajstić information content (AvgIpc) is 3.02. The maximum atomic E-state index is 12.1. The normalized spacial score (nSPS) is 13.6. The third kappa shape index (κ3) is 6.07. The second kappa shape index (κ2) is 10.2. The molecule has 0 atom stereocenters. The Morgan fingerprint density at radius 2 is 1.75 bits per heavy atom. The van der Waals surface area contributed by atoms with Gasteiger partial charge in [-0.05, 0) is 49.2 Å². The van der Waals surface area contributed by atoms with E-state index in [-0.39, 0.29) is 11.8 Å². The number of thioether (sulfide) groups is 1. The Hall–Kier alpha value is -2.38. The van der Waals surface area contributed by atoms with Crippen molar-refractivity contribution in [1.29, 1.82) is 0 Å². The van der Waals surface area contributed by atoms with Crippen LogP contribution >= 0.6 is 24.0 Å². The van der Waals surface area contributed by atoms with Crippen molar-refractivity contribution in [3.8, 4) is 11.5 Å². The number of nitrogens with one attached hydrogen (secondary N) is 1. The SMILES string of the molecule is O=C(CCCCCN1C(=O)CSC1=S)Nc1ccc(Oc2ccccc2)cc1. The highest BCUT2D eigenvalue weighted by atomic mass is 32.2. The molecule has 3 rings (SSSR count). The zero-order chi connectivity index (χ0) is 19.8. The Labute approximate surface area is 174 Å². The van der Waals surface area contributed by atoms with Crippen LogP contribution in [0.4, 0.5) is 5.69 Å². The second-order valence-corrected chi connectivity index (χ2v) is 8.01. The number of amides is 2. The summed E-state index contributed by atoms with van der Waals surface area (Å²) >= 11 is 6.57. The van der Waals surface area contributed by atoms with E-state index < -0.39 is 0 Å². The van der Waals surface area contributed by atoms with Crippen molar-refractivity contribution in [3.63, 3.8) is 0 Å². The third-order valence-electron chi connectivity index (χ3n) is 4.24. The van der Waals surface area contributed by atoms with Crippen molar-refractivity contribution in [3.05, 3.63) is 54.6 Å². The van der Waals surface area contributed by atoms with Gasteiger partial charge in [-0.2, -0.15) is 0 Å². The highest BCUT2D eigenvalue weighted by molar-refractivity contribution is 8.23. The van der Waals surface area contributed by atoms with E-state index in [4.69, 9.17) is 17.0 Å². The fourth-order valence-electron chi connectivity index (χ4n) is 2.78. The zero-order valence-electron chi connectivity index (χ0n) is 15.4. The number of carbonyl (C=O) groups is 2. The van der Waals surface area contributed by atoms with Crippen LogP contribution in [-0.4, -0.2) is 33.3 Å². The molecule has 2 aromatic carbocycles. The lowest BCUT2D eigenvalue weighted by molar-refractivity contribution is -0.124. The average molecular weight is 415 g/mol. The van der Waals surface area contributed by atoms with E-state index in [1.165, 1.54) is 11.8 Å². The highest BCUT2D eigenvalue weighted by Crippen LogP contribution is 2.23. The molecule has 1 saturated heterocycles. The molecule has 0 aliphatic carbocycles. The molecule has 28 heavy (non-hydrogen) atoms. The Kier molecular flexibility index (Phi) is 7.45. The summed E-state index contributed by atoms with van der Waals surface area (Å²) in [5.41, 5.74) is 0.746. The van der Waals surface area contributed by atoms with E-state index in [0.717, 1.165) is 36.4 Å². The molecule has 1 fully saturated rings. The number of para-hydroxylation sites is 1. The van der Waals surface area contributed by atoms with E-state index >= 15 is 0 Å². The van der Waals surface area contributed by atoms with Gasteiger partial charge in [-0.25, -0.2) is 0 Å². The van der Waals surface area contributed by atoms with E-state index in [1.54, 1.807) is 4.90 Å². The van der Waals surface area contributed by atoms with Gasteiger partial charge in [0.2, 0.25) is 11.8 Å². The van der Waals surface area contributed by atoms with Gasteiger partial charge in [-0.15, -0.1) is 0 Å². The molecular weight excluding hydrogens is 392 g/mol. The number of anilines is 1. The first-order chi connectivity index (χ1) is 13.6. The summed E-state index contributed by atoms with van der Waals surface area (Å²) in [7, 11) is 0. The maximum absolute atomic E-state index is 12.1. The molecule has 1 aliphatic rings. The van der Waals surface area contributed by atoms with Gasteiger partial charge in [0.05, 0.1) is 5.75 Å². The molecule has 5 nitrogen and oxygen atoms in total. The summed E-state index contributed by atoms with van der Waals surface area (Å²) in [5.74, 6) is 2.02. The molecule has 1 N–H and O–H groups in total. The summed E-state index contributed by atoms with van der Waals surface area (Å²) in [6.07, 6.45) is 2.97. The van der Waals surface area contributed by atoms with Gasteiger partial charge in [0, 0.05) is 18.7 Å². The fraction of sp³-hybridized carbons (Fsp3) is 0.286. The van der Waals surface area contributed by atoms with Gasteiger partial charge in [-0.3, -0.25) is 14.5 Å². The number of thiocarbonyl (C=S) groups is 1. The summed E-state index contributed by atoms with van der Waals surface area (Å²) in [5, 5.41) is 2.90. The van der Waals surface area contributed by atoms with Crippen LogP contribution in [-0.2, 0) is 9.59 Å². The molecule has 0 bridgehead atoms. The predicted molar refractivity (Wildman–Crippen MR) is 117 cm³/mol. The number of hydrogen-bond acceptors (Lipinski definition) is 5. The van der Waals surface area contributed by atoms with Crippen LogP contribution in [0.3, 0.4) is 0 Å². The predicted octanol–water partition coefficient (Wildman–Crippen LogP) is 4.84. The number of benzene rings is 2. The summed E-state index contributed by atoms with van der Waals surface area (Å²) in [6, 6.07) is 16.9. The van der Waals surface area contributed by atoms with Crippen LogP contribution in [0, 0.1) is 0 Å². The smallest absolute Gasteiger partial charge is 0.238 e. The Bertz CT molecular complexity index is 809. The fourth-order valence-corrected chi connectivity index (χ4v) is 3.91. The molecule has 2 aromatic rings. The molecule has 1 aliphatic heterocycles. The summed E-state index contributed by atoms with van der Waals surface area (Å²) in [4.78, 5) is 25.4. The minimum Gasteiger partial charge on any atom is -0.457 e. The minimum atomic E-state index is -0.0138. The number of nitrogens with zero attached hydrogens (tertiary/aromatic N) is 1. The largest absolute Gasteiger partial charge is 0.457 e. The van der Waals surface area contributed by atoms with Crippen molar-refractivity contribution in [1.82, 2.24) is 4.90 Å². The third-order valence-corrected chi connectivity index (χ3v) is 5.68. The molecular formula is C21H22N2O3S2. The van der Waals surface area contributed by atoms with Gasteiger partial charge in [-0.1, -0.05) is 48.6 Å². The van der Waals surface area contributed by atoms with Crippen LogP contribution < -0.4 is 10.1 Å². The number of carbonyl (C=O) groups excluding carboxylic acids is 2. The first-order valence-electron chi connectivity index (χ1n) is 9.22. The Balaban J connectivity index is 1.34. The topological polar surface area (TPSA) is 58.6 Å². The van der Waals surface area contributed by atoms with Crippen molar-refractivity contribution >= 4 is 45.8 Å². The van der Waals surface area contributed by atoms with Crippen molar-refractivity contribution in [2.75, 3.05) is 17.6 Å². The first-order valence-corrected chi connectivity index (χ1v) is 10.6. The van der Waals surface area contributed by atoms with Gasteiger partial charge in [0.15, 0.2) is 0 Å². The monoisotopic (exact) mass is 414 g/mol. The molecule has 146 valence electrons. The molecule has 0 aromatic heterocycles. The van der Waals surface area contributed by atoms with E-state index in [2.05, 4.69) is 5.32 Å². The van der Waals surface area contributed by atoms with Gasteiger partial charge in [0.1, 0.15) is 15.8 Å². The van der Waals surface area contributed by atoms with Crippen molar-refractivity contribution in [2.24, 2.45) is 0 Å². The number of rotatable bonds is 9. The molecule has 0 saturated carbocycles. The van der Waals surface area contributed by atoms with Gasteiger partial charge < -0.3 is 10.1 Å². The van der Waals surface area contributed by atoms with Crippen molar-refractivity contribution < 1.29 is 14.3 Å². The molecule has 1 heterocycles. The van der Waals surface area contributed by atoms with Crippen LogP contribution in [0.15, 0.2) is 54.6 Å². The van der Waals surface area contributed by atoms with Crippen LogP contribution in [0.25, 0.3) is 0 Å². The standard InChI is InChI=1S/C21H22N2O3S2/c24-19(9-5-2-6-14-23-20(25)15-28-21(23)27)22-16-10-12-18(13-11-16)26-17-7-3-1-4-8-17/h1,3-4,7-8,10-13H,2,5-6,9,14-15H2,(H,22,24). The van der Waals surface area contributed by atoms with E-state index in [9.17, 15) is 9.59 Å². The van der Waals surface area contributed by atoms with Crippen LogP contribution in [0.1, 0.15) is 25.7 Å². The van der Waals surface area contributed by atoms with E-state index in [1.807, 2.05) is 54.6 Å². The van der Waals surface area contributed by atoms with Crippen LogP contribution in [0.2, 0.25) is 0 Å². The molecule has 0 unspecified atom stereocenters. The minimum absolute atomic E-state index is 0.0138. The number of hydrogen-bond donors (Lipinski definition) is 1. The van der Waals surface area contributed by atoms with E-state index in [0.29, 0.717) is 23.0 Å². The molecule has 0 spiro atoms. The lowest BCUT2D eigenvalue weighted by Crippen LogP contribution is -2.29. The molecule has 7 heteroatoms. The van der Waals surface area contributed by atoms with Crippen molar-refractivity contribution in [2.45, 2.75) is 25.7 Å². The van der Waals surface area contributed by atoms with Gasteiger partial charge >= 0.3 is 0 Å². The highest BCUT2D eigenvalue weighted by Gasteiger charge is 2.25. The zero-order valence-corrected chi connectivity index (χ0v) is 17.1. The number of unbranched alkanes of at least 4 members (excludes halogenated alkanes) is 2.